The Morgan fingerprint density at radius 1 is 1.14 bits per heavy atom. The molecule has 6 heteroatoms. The molecule has 1 atom stereocenters. The molecule has 2 aromatic carbocycles. The lowest BCUT2D eigenvalue weighted by Crippen LogP contribution is -2.25. The van der Waals surface area contributed by atoms with E-state index in [4.69, 9.17) is 11.6 Å². The topological polar surface area (TPSA) is 78.7 Å². The molecule has 138 valence electrons. The molecule has 0 saturated carbocycles. The zero-order chi connectivity index (χ0) is 20.0. The van der Waals surface area contributed by atoms with Gasteiger partial charge >= 0.3 is 0 Å². The molecule has 1 unspecified atom stereocenters. The summed E-state index contributed by atoms with van der Waals surface area (Å²) in [7, 11) is 1.74. The van der Waals surface area contributed by atoms with Gasteiger partial charge in [0.2, 0.25) is 5.78 Å². The van der Waals surface area contributed by atoms with E-state index >= 15 is 0 Å². The summed E-state index contributed by atoms with van der Waals surface area (Å²) in [5.41, 5.74) is 2.93. The van der Waals surface area contributed by atoms with Crippen LogP contribution in [0.1, 0.15) is 26.5 Å². The number of hydrogen-bond acceptors (Lipinski definition) is 3. The number of fused-ring (bicyclic) bond motifs is 2. The number of H-pyrrole nitrogens is 1. The molecule has 0 aliphatic rings. The molecule has 0 saturated heterocycles. The molecule has 0 bridgehead atoms. The lowest BCUT2D eigenvalue weighted by atomic mass is 9.91. The fourth-order valence-electron chi connectivity index (χ4n) is 3.68. The van der Waals surface area contributed by atoms with Crippen molar-refractivity contribution in [2.45, 2.75) is 6.92 Å². The maximum absolute atomic E-state index is 13.2. The van der Waals surface area contributed by atoms with Crippen LogP contribution in [0.15, 0.2) is 48.5 Å². The van der Waals surface area contributed by atoms with Gasteiger partial charge in [-0.2, -0.15) is 5.26 Å². The number of hydrogen-bond donors (Lipinski definition) is 1. The number of Topliss-reactive ketones (excluding diaryl/α,β-unsaturated/α-hetero) is 2. The van der Waals surface area contributed by atoms with Crippen molar-refractivity contribution in [3.63, 3.8) is 0 Å². The number of halogens is 1. The summed E-state index contributed by atoms with van der Waals surface area (Å²) >= 11 is 6.04. The normalized spacial score (nSPS) is 12.2. The molecule has 2 heterocycles. The Balaban J connectivity index is 1.80. The van der Waals surface area contributed by atoms with Gasteiger partial charge in [-0.3, -0.25) is 9.59 Å². The Bertz CT molecular complexity index is 1310. The summed E-state index contributed by atoms with van der Waals surface area (Å²) in [6.07, 6.45) is 0. The molecule has 0 fully saturated rings. The number of carbonyl (C=O) groups is 2. The lowest BCUT2D eigenvalue weighted by molar-refractivity contribution is 0.0842. The van der Waals surface area contributed by atoms with E-state index in [0.29, 0.717) is 27.4 Å². The van der Waals surface area contributed by atoms with Crippen molar-refractivity contribution in [3.05, 3.63) is 70.5 Å². The van der Waals surface area contributed by atoms with Crippen LogP contribution in [0.25, 0.3) is 21.8 Å². The minimum atomic E-state index is -1.42. The average molecular weight is 390 g/mol. The predicted molar refractivity (Wildman–Crippen MR) is 109 cm³/mol. The summed E-state index contributed by atoms with van der Waals surface area (Å²) in [5.74, 6) is -2.44. The first kappa shape index (κ1) is 18.0. The van der Waals surface area contributed by atoms with E-state index in [9.17, 15) is 14.9 Å². The van der Waals surface area contributed by atoms with Gasteiger partial charge in [-0.25, -0.2) is 0 Å². The second kappa shape index (κ2) is 6.66. The first-order valence-corrected chi connectivity index (χ1v) is 9.10. The third-order valence-electron chi connectivity index (χ3n) is 5.05. The van der Waals surface area contributed by atoms with Gasteiger partial charge in [0.15, 0.2) is 11.7 Å². The van der Waals surface area contributed by atoms with E-state index in [2.05, 4.69) is 4.98 Å². The highest BCUT2D eigenvalue weighted by Gasteiger charge is 2.33. The smallest absolute Gasteiger partial charge is 0.204 e. The van der Waals surface area contributed by atoms with Crippen molar-refractivity contribution in [1.82, 2.24) is 9.55 Å². The maximum atomic E-state index is 13.2. The van der Waals surface area contributed by atoms with Gasteiger partial charge in [-0.1, -0.05) is 29.8 Å². The van der Waals surface area contributed by atoms with Crippen LogP contribution in [0.2, 0.25) is 5.02 Å². The van der Waals surface area contributed by atoms with E-state index in [-0.39, 0.29) is 0 Å². The van der Waals surface area contributed by atoms with Gasteiger partial charge in [-0.05, 0) is 37.3 Å². The number of nitriles is 1. The quantitative estimate of drug-likeness (QED) is 0.401. The van der Waals surface area contributed by atoms with Crippen molar-refractivity contribution >= 4 is 45.0 Å². The van der Waals surface area contributed by atoms with Crippen LogP contribution in [-0.2, 0) is 7.05 Å². The molecule has 0 aliphatic heterocycles. The first-order chi connectivity index (χ1) is 13.4. The highest BCUT2D eigenvalue weighted by atomic mass is 35.5. The van der Waals surface area contributed by atoms with Gasteiger partial charge in [-0.15, -0.1) is 0 Å². The van der Waals surface area contributed by atoms with Crippen LogP contribution < -0.4 is 0 Å². The molecule has 0 radical (unpaired) electrons. The van der Waals surface area contributed by atoms with Crippen LogP contribution >= 0.6 is 11.6 Å². The molecule has 0 amide bonds. The Morgan fingerprint density at radius 2 is 1.89 bits per heavy atom. The fourth-order valence-corrected chi connectivity index (χ4v) is 3.86. The van der Waals surface area contributed by atoms with Crippen molar-refractivity contribution in [2.75, 3.05) is 0 Å². The molecule has 0 aliphatic carbocycles. The third-order valence-corrected chi connectivity index (χ3v) is 5.29. The molecule has 28 heavy (non-hydrogen) atoms. The Hall–Kier alpha value is -3.36. The zero-order valence-corrected chi connectivity index (χ0v) is 16.0. The number of aromatic amines is 1. The molecule has 1 N–H and O–H groups in total. The first-order valence-electron chi connectivity index (χ1n) is 8.72. The fraction of sp³-hybridized carbons (Fsp3) is 0.136. The van der Waals surface area contributed by atoms with Crippen LogP contribution in [-0.4, -0.2) is 21.1 Å². The Labute approximate surface area is 166 Å². The van der Waals surface area contributed by atoms with E-state index in [1.165, 1.54) is 0 Å². The monoisotopic (exact) mass is 389 g/mol. The van der Waals surface area contributed by atoms with Gasteiger partial charge in [0.1, 0.15) is 0 Å². The zero-order valence-electron chi connectivity index (χ0n) is 15.3. The number of aromatic nitrogens is 2. The van der Waals surface area contributed by atoms with Crippen molar-refractivity contribution in [1.29, 1.82) is 5.26 Å². The van der Waals surface area contributed by atoms with Crippen molar-refractivity contribution in [3.8, 4) is 6.07 Å². The Morgan fingerprint density at radius 3 is 2.64 bits per heavy atom. The molecule has 0 spiro atoms. The molecule has 5 nitrogen and oxygen atoms in total. The highest BCUT2D eigenvalue weighted by molar-refractivity contribution is 6.31. The minimum Gasteiger partial charge on any atom is -0.358 e. The number of ketones is 2. The number of carbonyl (C=O) groups excluding carboxylic acids is 2. The van der Waals surface area contributed by atoms with E-state index in [0.717, 1.165) is 16.4 Å². The third kappa shape index (κ3) is 2.70. The van der Waals surface area contributed by atoms with Gasteiger partial charge in [0, 0.05) is 45.1 Å². The van der Waals surface area contributed by atoms with Crippen LogP contribution in [0.3, 0.4) is 0 Å². The summed E-state index contributed by atoms with van der Waals surface area (Å²) in [6, 6.07) is 16.2. The molecular weight excluding hydrogens is 374 g/mol. The van der Waals surface area contributed by atoms with E-state index in [1.807, 2.05) is 36.4 Å². The largest absolute Gasteiger partial charge is 0.358 e. The molecule has 2 aromatic heterocycles. The summed E-state index contributed by atoms with van der Waals surface area (Å²) in [6.45, 7) is 1.77. The summed E-state index contributed by atoms with van der Waals surface area (Å²) in [4.78, 5) is 29.4. The van der Waals surface area contributed by atoms with Crippen molar-refractivity contribution < 1.29 is 9.59 Å². The number of rotatable bonds is 4. The highest BCUT2D eigenvalue weighted by Crippen LogP contribution is 2.28. The second-order valence-corrected chi connectivity index (χ2v) is 7.19. The number of nitrogens with one attached hydrogen (secondary N) is 1. The number of para-hydroxylation sites is 1. The average Bonchev–Trinajstić information content (AvgIpc) is 3.17. The molecule has 4 aromatic rings. The standard InChI is InChI=1S/C22H16ClN3O2/c1-12-20(15-5-3-4-6-17(15)25-12)22(28)16(11-24)21(27)19-10-13-9-14(23)7-8-18(13)26(19)2/h3-10,16,25H,1-2H3. The number of aryl methyl sites for hydroxylation is 2. The number of benzene rings is 2. The van der Waals surface area contributed by atoms with E-state index < -0.39 is 17.5 Å². The Kier molecular flexibility index (Phi) is 4.29. The molecule has 4 rings (SSSR count). The lowest BCUT2D eigenvalue weighted by Gasteiger charge is -2.09. The van der Waals surface area contributed by atoms with Crippen LogP contribution in [0, 0.1) is 24.2 Å². The molecular formula is C22H16ClN3O2. The number of nitrogens with zero attached hydrogens (tertiary/aromatic N) is 2. The van der Waals surface area contributed by atoms with Gasteiger partial charge in [0.05, 0.1) is 11.8 Å². The summed E-state index contributed by atoms with van der Waals surface area (Å²) < 4.78 is 1.69. The SMILES string of the molecule is Cc1[nH]c2ccccc2c1C(=O)C(C#N)C(=O)c1cc2cc(Cl)ccc2n1C. The second-order valence-electron chi connectivity index (χ2n) is 6.75. The van der Waals surface area contributed by atoms with Gasteiger partial charge in [0.25, 0.3) is 0 Å². The predicted octanol–water partition coefficient (Wildman–Crippen LogP) is 4.83. The van der Waals surface area contributed by atoms with Crippen molar-refractivity contribution in [2.24, 2.45) is 13.0 Å². The maximum Gasteiger partial charge on any atom is 0.204 e. The van der Waals surface area contributed by atoms with Gasteiger partial charge < -0.3 is 9.55 Å². The summed E-state index contributed by atoms with van der Waals surface area (Å²) in [5, 5.41) is 11.7. The minimum absolute atomic E-state index is 0.301. The van der Waals surface area contributed by atoms with Crippen LogP contribution in [0.5, 0.6) is 0 Å². The van der Waals surface area contributed by atoms with Crippen LogP contribution in [0.4, 0.5) is 0 Å². The van der Waals surface area contributed by atoms with E-state index in [1.54, 1.807) is 36.7 Å².